The molecular weight excluding hydrogens is 218 g/mol. The third kappa shape index (κ3) is 2.30. The minimum atomic E-state index is -0.774. The Labute approximate surface area is 100 Å². The normalized spacial score (nSPS) is 14.1. The van der Waals surface area contributed by atoms with E-state index in [9.17, 15) is 9.59 Å². The number of para-hydroxylation sites is 1. The van der Waals surface area contributed by atoms with E-state index < -0.39 is 11.9 Å². The first-order chi connectivity index (χ1) is 8.24. The zero-order chi connectivity index (χ0) is 12.3. The Bertz CT molecular complexity index is 442. The molecule has 0 N–H and O–H groups in total. The highest BCUT2D eigenvalue weighted by Gasteiger charge is 2.27. The topological polar surface area (TPSA) is 46.6 Å². The molecule has 4 heteroatoms. The second-order valence-electron chi connectivity index (χ2n) is 3.91. The van der Waals surface area contributed by atoms with Crippen LogP contribution in [0.5, 0.6) is 0 Å². The smallest absolute Gasteiger partial charge is 0.397 e. The van der Waals surface area contributed by atoms with Gasteiger partial charge in [-0.25, -0.2) is 4.79 Å². The lowest BCUT2D eigenvalue weighted by atomic mass is 10.0. The molecule has 1 aliphatic rings. The lowest BCUT2D eigenvalue weighted by molar-refractivity contribution is -0.153. The molecular formula is C13H15NO3. The fourth-order valence-corrected chi connectivity index (χ4v) is 2.05. The van der Waals surface area contributed by atoms with Gasteiger partial charge in [-0.3, -0.25) is 4.79 Å². The highest BCUT2D eigenvalue weighted by molar-refractivity contribution is 6.38. The summed E-state index contributed by atoms with van der Waals surface area (Å²) in [6.45, 7) is 2.49. The van der Waals surface area contributed by atoms with E-state index in [1.54, 1.807) is 6.92 Å². The quantitative estimate of drug-likeness (QED) is 0.546. The molecule has 0 radical (unpaired) electrons. The maximum Gasteiger partial charge on any atom is 0.397 e. The van der Waals surface area contributed by atoms with E-state index in [1.807, 2.05) is 24.3 Å². The Hall–Kier alpha value is -1.84. The average molecular weight is 233 g/mol. The van der Waals surface area contributed by atoms with Gasteiger partial charge < -0.3 is 9.64 Å². The number of esters is 1. The summed E-state index contributed by atoms with van der Waals surface area (Å²) in [6.07, 6.45) is 1.82. The Morgan fingerprint density at radius 2 is 2.12 bits per heavy atom. The molecule has 0 saturated heterocycles. The van der Waals surface area contributed by atoms with Crippen LogP contribution in [0.25, 0.3) is 0 Å². The van der Waals surface area contributed by atoms with Crippen molar-refractivity contribution in [3.05, 3.63) is 29.8 Å². The van der Waals surface area contributed by atoms with Crippen LogP contribution in [-0.4, -0.2) is 25.0 Å². The second kappa shape index (κ2) is 4.99. The van der Waals surface area contributed by atoms with Gasteiger partial charge in [0.05, 0.1) is 6.61 Å². The Kier molecular flexibility index (Phi) is 3.42. The summed E-state index contributed by atoms with van der Waals surface area (Å²) in [6, 6.07) is 7.66. The van der Waals surface area contributed by atoms with Crippen LogP contribution in [0.2, 0.25) is 0 Å². The molecule has 0 unspecified atom stereocenters. The van der Waals surface area contributed by atoms with E-state index >= 15 is 0 Å². The predicted octanol–water partition coefficient (Wildman–Crippen LogP) is 1.53. The summed E-state index contributed by atoms with van der Waals surface area (Å²) in [5.74, 6) is -1.34. The molecule has 0 bridgehead atoms. The lowest BCUT2D eigenvalue weighted by Crippen LogP contribution is -2.40. The minimum Gasteiger partial charge on any atom is -0.459 e. The number of rotatable bonds is 1. The number of aryl methyl sites for hydroxylation is 1. The Balaban J connectivity index is 2.24. The molecule has 90 valence electrons. The first-order valence-electron chi connectivity index (χ1n) is 5.80. The van der Waals surface area contributed by atoms with Gasteiger partial charge in [-0.15, -0.1) is 0 Å². The van der Waals surface area contributed by atoms with Crippen molar-refractivity contribution in [1.82, 2.24) is 0 Å². The van der Waals surface area contributed by atoms with Crippen LogP contribution in [0.3, 0.4) is 0 Å². The van der Waals surface area contributed by atoms with E-state index in [2.05, 4.69) is 0 Å². The molecule has 0 atom stereocenters. The first-order valence-corrected chi connectivity index (χ1v) is 5.80. The van der Waals surface area contributed by atoms with Crippen LogP contribution < -0.4 is 4.90 Å². The molecule has 1 aromatic carbocycles. The highest BCUT2D eigenvalue weighted by atomic mass is 16.5. The number of nitrogens with zero attached hydrogens (tertiary/aromatic N) is 1. The molecule has 1 aromatic rings. The zero-order valence-electron chi connectivity index (χ0n) is 9.81. The number of carbonyl (C=O) groups is 2. The van der Waals surface area contributed by atoms with E-state index in [0.29, 0.717) is 6.54 Å². The third-order valence-corrected chi connectivity index (χ3v) is 2.81. The van der Waals surface area contributed by atoms with Crippen molar-refractivity contribution in [1.29, 1.82) is 0 Å². The largest absolute Gasteiger partial charge is 0.459 e. The summed E-state index contributed by atoms with van der Waals surface area (Å²) >= 11 is 0. The summed E-state index contributed by atoms with van der Waals surface area (Å²) < 4.78 is 4.74. The fourth-order valence-electron chi connectivity index (χ4n) is 2.05. The average Bonchev–Trinajstić information content (AvgIpc) is 2.37. The molecule has 1 aliphatic heterocycles. The van der Waals surface area contributed by atoms with Crippen LogP contribution in [0.15, 0.2) is 24.3 Å². The van der Waals surface area contributed by atoms with Crippen molar-refractivity contribution in [3.63, 3.8) is 0 Å². The number of hydrogen-bond acceptors (Lipinski definition) is 3. The molecule has 0 saturated carbocycles. The third-order valence-electron chi connectivity index (χ3n) is 2.81. The minimum absolute atomic E-state index is 0.222. The van der Waals surface area contributed by atoms with Crippen LogP contribution in [0, 0.1) is 0 Å². The number of ether oxygens (including phenoxy) is 1. The van der Waals surface area contributed by atoms with E-state index in [1.165, 1.54) is 4.90 Å². The Morgan fingerprint density at radius 1 is 1.35 bits per heavy atom. The SMILES string of the molecule is CCOC(=O)C(=O)N1CCCc2ccccc21. The number of anilines is 1. The summed E-state index contributed by atoms with van der Waals surface area (Å²) in [4.78, 5) is 24.9. The van der Waals surface area contributed by atoms with Crippen molar-refractivity contribution in [2.75, 3.05) is 18.1 Å². The summed E-state index contributed by atoms with van der Waals surface area (Å²) in [5, 5.41) is 0. The van der Waals surface area contributed by atoms with Crippen molar-refractivity contribution in [2.24, 2.45) is 0 Å². The van der Waals surface area contributed by atoms with Crippen LogP contribution in [0.4, 0.5) is 5.69 Å². The number of carbonyl (C=O) groups excluding carboxylic acids is 2. The molecule has 0 fully saturated rings. The molecule has 1 amide bonds. The number of amides is 1. The number of fused-ring (bicyclic) bond motifs is 1. The van der Waals surface area contributed by atoms with Crippen molar-refractivity contribution in [3.8, 4) is 0 Å². The van der Waals surface area contributed by atoms with Gasteiger partial charge >= 0.3 is 11.9 Å². The first kappa shape index (κ1) is 11.6. The zero-order valence-corrected chi connectivity index (χ0v) is 9.81. The van der Waals surface area contributed by atoms with Crippen LogP contribution in [-0.2, 0) is 20.7 Å². The van der Waals surface area contributed by atoms with Gasteiger partial charge in [-0.1, -0.05) is 18.2 Å². The van der Waals surface area contributed by atoms with E-state index in [0.717, 1.165) is 24.1 Å². The molecule has 4 nitrogen and oxygen atoms in total. The molecule has 0 aromatic heterocycles. The maximum absolute atomic E-state index is 11.9. The van der Waals surface area contributed by atoms with Gasteiger partial charge in [-0.2, -0.15) is 0 Å². The van der Waals surface area contributed by atoms with Gasteiger partial charge in [0.25, 0.3) is 0 Å². The van der Waals surface area contributed by atoms with Crippen molar-refractivity contribution >= 4 is 17.6 Å². The van der Waals surface area contributed by atoms with Crippen molar-refractivity contribution in [2.45, 2.75) is 19.8 Å². The fraction of sp³-hybridized carbons (Fsp3) is 0.385. The molecule has 17 heavy (non-hydrogen) atoms. The van der Waals surface area contributed by atoms with Crippen molar-refractivity contribution < 1.29 is 14.3 Å². The predicted molar refractivity (Wildman–Crippen MR) is 63.7 cm³/mol. The summed E-state index contributed by atoms with van der Waals surface area (Å²) in [7, 11) is 0. The molecule has 0 aliphatic carbocycles. The molecule has 2 rings (SSSR count). The monoisotopic (exact) mass is 233 g/mol. The van der Waals surface area contributed by atoms with Gasteiger partial charge in [0.2, 0.25) is 0 Å². The lowest BCUT2D eigenvalue weighted by Gasteiger charge is -2.28. The summed E-state index contributed by atoms with van der Waals surface area (Å²) in [5.41, 5.74) is 1.94. The van der Waals surface area contributed by atoms with Gasteiger partial charge in [0.1, 0.15) is 0 Å². The molecule has 1 heterocycles. The number of benzene rings is 1. The molecule has 0 spiro atoms. The van der Waals surface area contributed by atoms with Gasteiger partial charge in [0, 0.05) is 12.2 Å². The van der Waals surface area contributed by atoms with Gasteiger partial charge in [0.15, 0.2) is 0 Å². The Morgan fingerprint density at radius 3 is 2.88 bits per heavy atom. The van der Waals surface area contributed by atoms with E-state index in [4.69, 9.17) is 4.74 Å². The van der Waals surface area contributed by atoms with Gasteiger partial charge in [-0.05, 0) is 31.4 Å². The van der Waals surface area contributed by atoms with E-state index in [-0.39, 0.29) is 6.61 Å². The van der Waals surface area contributed by atoms with Crippen LogP contribution >= 0.6 is 0 Å². The standard InChI is InChI=1S/C13H15NO3/c1-2-17-13(16)12(15)14-9-5-7-10-6-3-4-8-11(10)14/h3-4,6,8H,2,5,7,9H2,1H3. The van der Waals surface area contributed by atoms with Crippen LogP contribution in [0.1, 0.15) is 18.9 Å². The number of hydrogen-bond donors (Lipinski definition) is 0. The maximum atomic E-state index is 11.9. The highest BCUT2D eigenvalue weighted by Crippen LogP contribution is 2.26. The second-order valence-corrected chi connectivity index (χ2v) is 3.91.